The number of carbonyl (C=O) groups is 1. The van der Waals surface area contributed by atoms with Gasteiger partial charge in [0, 0.05) is 36.4 Å². The van der Waals surface area contributed by atoms with Crippen LogP contribution in [0.15, 0.2) is 53.3 Å². The Morgan fingerprint density at radius 2 is 1.89 bits per heavy atom. The van der Waals surface area contributed by atoms with Crippen molar-refractivity contribution in [3.63, 3.8) is 0 Å². The van der Waals surface area contributed by atoms with Crippen LogP contribution in [0.3, 0.4) is 0 Å². The molecule has 0 saturated heterocycles. The number of halogens is 1. The highest BCUT2D eigenvalue weighted by Crippen LogP contribution is 2.21. The zero-order valence-corrected chi connectivity index (χ0v) is 15.5. The number of benzene rings is 2. The molecule has 2 amide bonds. The maximum absolute atomic E-state index is 12.5. The Morgan fingerprint density at radius 3 is 2.63 bits per heavy atom. The number of ether oxygens (including phenoxy) is 1. The lowest BCUT2D eigenvalue weighted by Gasteiger charge is -2.16. The Labute approximate surface area is 160 Å². The molecular weight excluding hydrogens is 368 g/mol. The number of fused-ring (bicyclic) bond motifs is 1. The van der Waals surface area contributed by atoms with Gasteiger partial charge in [-0.1, -0.05) is 23.7 Å². The van der Waals surface area contributed by atoms with E-state index in [4.69, 9.17) is 16.3 Å². The van der Waals surface area contributed by atoms with Gasteiger partial charge in [-0.3, -0.25) is 9.88 Å². The molecule has 7 nitrogen and oxygen atoms in total. The maximum atomic E-state index is 12.5. The first-order valence-electron chi connectivity index (χ1n) is 8.40. The smallest absolute Gasteiger partial charge is 0.349 e. The number of nitrogens with zero attached hydrogens (tertiary/aromatic N) is 2. The van der Waals surface area contributed by atoms with E-state index in [0.29, 0.717) is 47.0 Å². The topological polar surface area (TPSA) is 85.2 Å². The van der Waals surface area contributed by atoms with Crippen LogP contribution in [0.5, 0.6) is 0 Å². The highest BCUT2D eigenvalue weighted by Gasteiger charge is 2.14. The number of anilines is 2. The minimum atomic E-state index is -0.464. The number of urea groups is 1. The molecule has 1 aromatic heterocycles. The molecule has 0 aliphatic heterocycles. The number of nitrogens with one attached hydrogen (secondary N) is 2. The van der Waals surface area contributed by atoms with Gasteiger partial charge in [-0.15, -0.1) is 0 Å². The first-order valence-corrected chi connectivity index (χ1v) is 8.78. The summed E-state index contributed by atoms with van der Waals surface area (Å²) in [6.45, 7) is 0.872. The first-order chi connectivity index (χ1) is 13.1. The van der Waals surface area contributed by atoms with Gasteiger partial charge in [0.25, 0.3) is 0 Å². The zero-order valence-electron chi connectivity index (χ0n) is 14.7. The van der Waals surface area contributed by atoms with E-state index in [1.807, 2.05) is 12.1 Å². The summed E-state index contributed by atoms with van der Waals surface area (Å²) >= 11 is 5.86. The normalized spacial score (nSPS) is 10.7. The molecule has 0 aliphatic rings. The zero-order chi connectivity index (χ0) is 19.2. The second-order valence-electron chi connectivity index (χ2n) is 5.84. The fraction of sp³-hybridized carbons (Fsp3) is 0.211. The Morgan fingerprint density at radius 1 is 1.15 bits per heavy atom. The van der Waals surface area contributed by atoms with E-state index < -0.39 is 11.7 Å². The predicted molar refractivity (Wildman–Crippen MR) is 107 cm³/mol. The van der Waals surface area contributed by atoms with Crippen LogP contribution in [0.4, 0.5) is 16.3 Å². The van der Waals surface area contributed by atoms with E-state index in [2.05, 4.69) is 15.6 Å². The van der Waals surface area contributed by atoms with Crippen molar-refractivity contribution in [2.24, 2.45) is 0 Å². The SMILES string of the molecule is COCCCn1c(NC(=O)Nc2ccc(Cl)cc2)c2ccccc2nc1=O. The fourth-order valence-electron chi connectivity index (χ4n) is 2.69. The molecule has 0 spiro atoms. The highest BCUT2D eigenvalue weighted by molar-refractivity contribution is 6.30. The Bertz CT molecular complexity index is 1000. The molecule has 3 aromatic rings. The van der Waals surface area contributed by atoms with Gasteiger partial charge < -0.3 is 10.1 Å². The predicted octanol–water partition coefficient (Wildman–Crippen LogP) is 3.73. The number of aromatic nitrogens is 2. The number of carbonyl (C=O) groups excluding carboxylic acids is 1. The summed E-state index contributed by atoms with van der Waals surface area (Å²) in [5.41, 5.74) is 0.683. The quantitative estimate of drug-likeness (QED) is 0.632. The van der Waals surface area contributed by atoms with Gasteiger partial charge in [-0.25, -0.2) is 9.59 Å². The molecule has 140 valence electrons. The third-order valence-electron chi connectivity index (χ3n) is 3.94. The highest BCUT2D eigenvalue weighted by atomic mass is 35.5. The lowest BCUT2D eigenvalue weighted by atomic mass is 10.2. The van der Waals surface area contributed by atoms with Crippen LogP contribution in [0.25, 0.3) is 10.9 Å². The molecule has 0 aliphatic carbocycles. The number of hydrogen-bond donors (Lipinski definition) is 2. The van der Waals surface area contributed by atoms with Crippen molar-refractivity contribution < 1.29 is 9.53 Å². The minimum absolute atomic E-state index is 0.376. The van der Waals surface area contributed by atoms with Crippen molar-refractivity contribution in [2.75, 3.05) is 24.4 Å². The van der Waals surface area contributed by atoms with E-state index in [-0.39, 0.29) is 0 Å². The Kier molecular flexibility index (Phi) is 6.05. The molecule has 2 aromatic carbocycles. The number of hydrogen-bond acceptors (Lipinski definition) is 4. The van der Waals surface area contributed by atoms with Crippen LogP contribution in [0, 0.1) is 0 Å². The van der Waals surface area contributed by atoms with E-state index in [0.717, 1.165) is 0 Å². The molecule has 1 heterocycles. The van der Waals surface area contributed by atoms with Crippen molar-refractivity contribution >= 4 is 40.0 Å². The van der Waals surface area contributed by atoms with E-state index in [1.54, 1.807) is 43.5 Å². The van der Waals surface area contributed by atoms with Gasteiger partial charge in [-0.2, -0.15) is 4.98 Å². The van der Waals surface area contributed by atoms with Crippen molar-refractivity contribution in [3.8, 4) is 0 Å². The van der Waals surface area contributed by atoms with E-state index in [9.17, 15) is 9.59 Å². The molecule has 0 saturated carbocycles. The summed E-state index contributed by atoms with van der Waals surface area (Å²) in [4.78, 5) is 29.0. The summed E-state index contributed by atoms with van der Waals surface area (Å²) in [6, 6.07) is 13.5. The van der Waals surface area contributed by atoms with Crippen LogP contribution in [-0.4, -0.2) is 29.3 Å². The second-order valence-corrected chi connectivity index (χ2v) is 6.28. The molecule has 3 rings (SSSR count). The van der Waals surface area contributed by atoms with Crippen LogP contribution >= 0.6 is 11.6 Å². The Hall–Kier alpha value is -2.90. The molecule has 27 heavy (non-hydrogen) atoms. The summed E-state index contributed by atoms with van der Waals surface area (Å²) in [5, 5.41) is 6.77. The first kappa shape index (κ1) is 18.9. The van der Waals surface area contributed by atoms with Crippen LogP contribution in [0.2, 0.25) is 5.02 Å². The average Bonchev–Trinajstić information content (AvgIpc) is 2.66. The van der Waals surface area contributed by atoms with Gasteiger partial charge in [-0.05, 0) is 42.8 Å². The summed E-state index contributed by atoms with van der Waals surface area (Å²) in [5.74, 6) is 0.396. The van der Waals surface area contributed by atoms with Crippen LogP contribution in [0.1, 0.15) is 6.42 Å². The van der Waals surface area contributed by atoms with Gasteiger partial charge in [0.15, 0.2) is 0 Å². The third kappa shape index (κ3) is 4.64. The number of methoxy groups -OCH3 is 1. The second kappa shape index (κ2) is 8.66. The monoisotopic (exact) mass is 386 g/mol. The van der Waals surface area contributed by atoms with Gasteiger partial charge >= 0.3 is 11.7 Å². The lowest BCUT2D eigenvalue weighted by molar-refractivity contribution is 0.190. The minimum Gasteiger partial charge on any atom is -0.385 e. The number of amides is 2. The Balaban J connectivity index is 1.92. The van der Waals surface area contributed by atoms with Crippen LogP contribution < -0.4 is 16.3 Å². The summed E-state index contributed by atoms with van der Waals surface area (Å²) < 4.78 is 6.50. The molecule has 0 fully saturated rings. The molecule has 0 bridgehead atoms. The van der Waals surface area contributed by atoms with Gasteiger partial charge in [0.05, 0.1) is 5.52 Å². The molecule has 0 radical (unpaired) electrons. The maximum Gasteiger partial charge on any atom is 0.349 e. The largest absolute Gasteiger partial charge is 0.385 e. The molecule has 0 atom stereocenters. The van der Waals surface area contributed by atoms with E-state index >= 15 is 0 Å². The summed E-state index contributed by atoms with van der Waals surface area (Å²) in [6.07, 6.45) is 0.615. The molecular formula is C19H19ClN4O3. The van der Waals surface area contributed by atoms with Crippen molar-refractivity contribution in [3.05, 3.63) is 64.0 Å². The summed E-state index contributed by atoms with van der Waals surface area (Å²) in [7, 11) is 1.60. The average molecular weight is 387 g/mol. The van der Waals surface area contributed by atoms with Crippen molar-refractivity contribution in [2.45, 2.75) is 13.0 Å². The lowest BCUT2D eigenvalue weighted by Crippen LogP contribution is -2.30. The molecule has 8 heteroatoms. The van der Waals surface area contributed by atoms with E-state index in [1.165, 1.54) is 4.57 Å². The standard InChI is InChI=1S/C19H19ClN4O3/c1-27-12-4-11-24-17(15-5-2-3-6-16(15)22-19(24)26)23-18(25)21-14-9-7-13(20)8-10-14/h2-3,5-10H,4,11-12H2,1H3,(H2,21,23,25). The van der Waals surface area contributed by atoms with Crippen molar-refractivity contribution in [1.82, 2.24) is 9.55 Å². The number of para-hydroxylation sites is 1. The molecule has 2 N–H and O–H groups in total. The fourth-order valence-corrected chi connectivity index (χ4v) is 2.81. The van der Waals surface area contributed by atoms with Gasteiger partial charge in [0.2, 0.25) is 0 Å². The third-order valence-corrected chi connectivity index (χ3v) is 4.19. The van der Waals surface area contributed by atoms with Gasteiger partial charge in [0.1, 0.15) is 5.82 Å². The number of rotatable bonds is 6. The van der Waals surface area contributed by atoms with Crippen LogP contribution in [-0.2, 0) is 11.3 Å². The van der Waals surface area contributed by atoms with Crippen molar-refractivity contribution in [1.29, 1.82) is 0 Å². The molecule has 0 unspecified atom stereocenters.